The maximum Gasteiger partial charge on any atom is 0.242 e. The highest BCUT2D eigenvalue weighted by Gasteiger charge is 2.19. The highest BCUT2D eigenvalue weighted by atomic mass is 32.2. The molecule has 1 aliphatic rings. The summed E-state index contributed by atoms with van der Waals surface area (Å²) in [5.74, 6) is -0.660. The zero-order chi connectivity index (χ0) is 12.3. The minimum atomic E-state index is -3.66. The Kier molecular flexibility index (Phi) is 3.70. The number of hydrogen-bond donors (Lipinski definition) is 2. The lowest BCUT2D eigenvalue weighted by atomic mass is 10.2. The van der Waals surface area contributed by atoms with Crippen LogP contribution in [-0.2, 0) is 10.0 Å². The third-order valence-electron chi connectivity index (χ3n) is 2.67. The van der Waals surface area contributed by atoms with Gasteiger partial charge in [-0.15, -0.1) is 0 Å². The molecule has 5 nitrogen and oxygen atoms in total. The summed E-state index contributed by atoms with van der Waals surface area (Å²) < 4.78 is 38.9. The summed E-state index contributed by atoms with van der Waals surface area (Å²) in [6.07, 6.45) is 4.10. The predicted molar refractivity (Wildman–Crippen MR) is 60.4 cm³/mol. The normalized spacial score (nSPS) is 20.6. The van der Waals surface area contributed by atoms with Crippen molar-refractivity contribution in [3.8, 4) is 0 Å². The van der Waals surface area contributed by atoms with Gasteiger partial charge in [-0.05, 0) is 25.5 Å². The standard InChI is InChI=1S/C10H14FN3O2S/c11-8-4-10(7-12-5-8)17(15,16)14-6-9-2-1-3-13-9/h4-5,7,9,13-14H,1-3,6H2. The van der Waals surface area contributed by atoms with Crippen LogP contribution in [0.25, 0.3) is 0 Å². The Balaban J connectivity index is 2.03. The molecule has 1 fully saturated rings. The van der Waals surface area contributed by atoms with Crippen molar-refractivity contribution in [2.24, 2.45) is 0 Å². The van der Waals surface area contributed by atoms with E-state index in [1.165, 1.54) is 0 Å². The molecule has 7 heteroatoms. The van der Waals surface area contributed by atoms with Gasteiger partial charge in [0.1, 0.15) is 10.7 Å². The number of rotatable bonds is 4. The Morgan fingerprint density at radius 3 is 3.00 bits per heavy atom. The van der Waals surface area contributed by atoms with Crippen molar-refractivity contribution in [1.82, 2.24) is 15.0 Å². The van der Waals surface area contributed by atoms with E-state index in [1.54, 1.807) is 0 Å². The number of hydrogen-bond acceptors (Lipinski definition) is 4. The molecule has 2 N–H and O–H groups in total. The van der Waals surface area contributed by atoms with Gasteiger partial charge in [0.15, 0.2) is 0 Å². The number of aromatic nitrogens is 1. The minimum Gasteiger partial charge on any atom is -0.313 e. The molecule has 1 saturated heterocycles. The van der Waals surface area contributed by atoms with Crippen LogP contribution in [0.3, 0.4) is 0 Å². The van der Waals surface area contributed by atoms with Gasteiger partial charge in [-0.1, -0.05) is 0 Å². The van der Waals surface area contributed by atoms with E-state index in [-0.39, 0.29) is 10.9 Å². The molecule has 0 radical (unpaired) electrons. The molecule has 1 aromatic rings. The molecular formula is C10H14FN3O2S. The van der Waals surface area contributed by atoms with Crippen LogP contribution in [0.4, 0.5) is 4.39 Å². The molecule has 94 valence electrons. The number of sulfonamides is 1. The summed E-state index contributed by atoms with van der Waals surface area (Å²) in [4.78, 5) is 3.38. The maximum atomic E-state index is 12.9. The van der Waals surface area contributed by atoms with E-state index in [2.05, 4.69) is 15.0 Å². The zero-order valence-corrected chi connectivity index (χ0v) is 10.0. The molecule has 17 heavy (non-hydrogen) atoms. The van der Waals surface area contributed by atoms with Crippen LogP contribution in [0.2, 0.25) is 0 Å². The number of nitrogens with zero attached hydrogens (tertiary/aromatic N) is 1. The lowest BCUT2D eigenvalue weighted by Crippen LogP contribution is -2.37. The van der Waals surface area contributed by atoms with E-state index in [0.29, 0.717) is 6.54 Å². The molecule has 1 aromatic heterocycles. The van der Waals surface area contributed by atoms with E-state index in [1.807, 2.05) is 0 Å². The van der Waals surface area contributed by atoms with E-state index in [0.717, 1.165) is 37.8 Å². The second-order valence-corrected chi connectivity index (χ2v) is 5.75. The molecule has 2 rings (SSSR count). The van der Waals surface area contributed by atoms with E-state index in [9.17, 15) is 12.8 Å². The first-order valence-corrected chi connectivity index (χ1v) is 6.90. The maximum absolute atomic E-state index is 12.9. The number of nitrogens with one attached hydrogen (secondary N) is 2. The summed E-state index contributed by atoms with van der Waals surface area (Å²) in [7, 11) is -3.66. The van der Waals surface area contributed by atoms with Crippen molar-refractivity contribution < 1.29 is 12.8 Å². The highest BCUT2D eigenvalue weighted by molar-refractivity contribution is 7.89. The van der Waals surface area contributed by atoms with Gasteiger partial charge in [-0.2, -0.15) is 0 Å². The van der Waals surface area contributed by atoms with Gasteiger partial charge in [0.25, 0.3) is 0 Å². The fourth-order valence-corrected chi connectivity index (χ4v) is 2.82. The van der Waals surface area contributed by atoms with Crippen LogP contribution >= 0.6 is 0 Å². The van der Waals surface area contributed by atoms with Crippen LogP contribution in [-0.4, -0.2) is 32.5 Å². The molecule has 1 atom stereocenters. The largest absolute Gasteiger partial charge is 0.313 e. The van der Waals surface area contributed by atoms with Crippen LogP contribution in [0.1, 0.15) is 12.8 Å². The first-order chi connectivity index (χ1) is 8.08. The summed E-state index contributed by atoms with van der Waals surface area (Å²) in [6.45, 7) is 1.23. The fraction of sp³-hybridized carbons (Fsp3) is 0.500. The Bertz CT molecular complexity index is 486. The molecule has 0 aromatic carbocycles. The van der Waals surface area contributed by atoms with Gasteiger partial charge in [-0.3, -0.25) is 4.98 Å². The van der Waals surface area contributed by atoms with Crippen molar-refractivity contribution in [2.45, 2.75) is 23.8 Å². The summed E-state index contributed by atoms with van der Waals surface area (Å²) in [5, 5.41) is 3.18. The van der Waals surface area contributed by atoms with Crippen molar-refractivity contribution >= 4 is 10.0 Å². The van der Waals surface area contributed by atoms with Gasteiger partial charge in [0, 0.05) is 18.8 Å². The second kappa shape index (κ2) is 5.07. The fourth-order valence-electron chi connectivity index (χ4n) is 1.76. The van der Waals surface area contributed by atoms with Crippen LogP contribution < -0.4 is 10.0 Å². The molecule has 1 aliphatic heterocycles. The monoisotopic (exact) mass is 259 g/mol. The van der Waals surface area contributed by atoms with Crippen LogP contribution in [0.15, 0.2) is 23.4 Å². The minimum absolute atomic E-state index is 0.143. The average molecular weight is 259 g/mol. The molecule has 0 saturated carbocycles. The molecule has 0 bridgehead atoms. The zero-order valence-electron chi connectivity index (χ0n) is 9.19. The van der Waals surface area contributed by atoms with Crippen LogP contribution in [0, 0.1) is 5.82 Å². The second-order valence-electron chi connectivity index (χ2n) is 3.98. The Labute approximate surface area is 99.5 Å². The lowest BCUT2D eigenvalue weighted by Gasteiger charge is -2.11. The first kappa shape index (κ1) is 12.4. The van der Waals surface area contributed by atoms with Crippen molar-refractivity contribution in [2.75, 3.05) is 13.1 Å². The third kappa shape index (κ3) is 3.21. The van der Waals surface area contributed by atoms with E-state index >= 15 is 0 Å². The number of halogens is 1. The molecule has 0 spiro atoms. The summed E-state index contributed by atoms with van der Waals surface area (Å²) in [5.41, 5.74) is 0. The van der Waals surface area contributed by atoms with E-state index in [4.69, 9.17) is 0 Å². The Morgan fingerprint density at radius 2 is 2.35 bits per heavy atom. The van der Waals surface area contributed by atoms with Crippen molar-refractivity contribution in [3.05, 3.63) is 24.3 Å². The predicted octanol–water partition coefficient (Wildman–Crippen LogP) is 0.251. The highest BCUT2D eigenvalue weighted by Crippen LogP contribution is 2.09. The Morgan fingerprint density at radius 1 is 1.53 bits per heavy atom. The van der Waals surface area contributed by atoms with Gasteiger partial charge in [0.2, 0.25) is 10.0 Å². The lowest BCUT2D eigenvalue weighted by molar-refractivity contribution is 0.549. The van der Waals surface area contributed by atoms with Crippen LogP contribution in [0.5, 0.6) is 0 Å². The van der Waals surface area contributed by atoms with Crippen molar-refractivity contribution in [3.63, 3.8) is 0 Å². The topological polar surface area (TPSA) is 71.1 Å². The number of pyridine rings is 1. The summed E-state index contributed by atoms with van der Waals surface area (Å²) in [6, 6.07) is 1.11. The van der Waals surface area contributed by atoms with Gasteiger partial charge < -0.3 is 5.32 Å². The first-order valence-electron chi connectivity index (χ1n) is 5.41. The molecule has 1 unspecified atom stereocenters. The molecule has 0 aliphatic carbocycles. The molecule has 2 heterocycles. The average Bonchev–Trinajstić information content (AvgIpc) is 2.79. The molecular weight excluding hydrogens is 245 g/mol. The van der Waals surface area contributed by atoms with Gasteiger partial charge in [-0.25, -0.2) is 17.5 Å². The SMILES string of the molecule is O=S(=O)(NCC1CCCN1)c1cncc(F)c1. The summed E-state index contributed by atoms with van der Waals surface area (Å²) >= 11 is 0. The van der Waals surface area contributed by atoms with E-state index < -0.39 is 15.8 Å². The third-order valence-corrected chi connectivity index (χ3v) is 4.06. The molecule has 0 amide bonds. The van der Waals surface area contributed by atoms with Gasteiger partial charge >= 0.3 is 0 Å². The Hall–Kier alpha value is -1.05. The van der Waals surface area contributed by atoms with Crippen molar-refractivity contribution in [1.29, 1.82) is 0 Å². The van der Waals surface area contributed by atoms with Gasteiger partial charge in [0.05, 0.1) is 6.20 Å². The quantitative estimate of drug-likeness (QED) is 0.813. The smallest absolute Gasteiger partial charge is 0.242 e.